The predicted molar refractivity (Wildman–Crippen MR) is 136 cm³/mol. The summed E-state index contributed by atoms with van der Waals surface area (Å²) in [5, 5.41) is 18.5. The number of nitrogens with two attached hydrogens (primary N) is 1. The van der Waals surface area contributed by atoms with Gasteiger partial charge in [0.2, 0.25) is 5.91 Å². The normalized spacial score (nSPS) is 19.9. The quantitative estimate of drug-likeness (QED) is 0.424. The number of nitrogens with zero attached hydrogens (tertiary/aromatic N) is 4. The molecule has 1 aromatic carbocycles. The van der Waals surface area contributed by atoms with Crippen molar-refractivity contribution in [1.29, 1.82) is 0 Å². The SMILES string of the molecule is COc1c(Nc2cc(NC(=O)C3CC3)nnc2C(N)=O)cccc1-c1cnn([C@H]2CCOC3(CC3)C2)c1. The molecule has 1 spiro atoms. The van der Waals surface area contributed by atoms with Gasteiger partial charge in [-0.25, -0.2) is 0 Å². The number of carbonyl (C=O) groups excluding carboxylic acids is 2. The number of hydrogen-bond acceptors (Lipinski definition) is 8. The third-order valence-electron chi connectivity index (χ3n) is 7.28. The van der Waals surface area contributed by atoms with E-state index in [1.807, 2.05) is 35.3 Å². The number of hydrogen-bond donors (Lipinski definition) is 3. The first-order valence-corrected chi connectivity index (χ1v) is 12.6. The Labute approximate surface area is 213 Å². The second-order valence-corrected chi connectivity index (χ2v) is 10.0. The van der Waals surface area contributed by atoms with Crippen molar-refractivity contribution in [1.82, 2.24) is 20.0 Å². The summed E-state index contributed by atoms with van der Waals surface area (Å²) in [5.74, 6) is -0.0333. The van der Waals surface area contributed by atoms with Gasteiger partial charge in [-0.05, 0) is 44.6 Å². The third-order valence-corrected chi connectivity index (χ3v) is 7.28. The van der Waals surface area contributed by atoms with Crippen LogP contribution in [0.3, 0.4) is 0 Å². The largest absolute Gasteiger partial charge is 0.494 e. The van der Waals surface area contributed by atoms with Crippen molar-refractivity contribution >= 4 is 29.0 Å². The van der Waals surface area contributed by atoms with Gasteiger partial charge in [-0.3, -0.25) is 14.3 Å². The molecule has 3 fully saturated rings. The fraction of sp³-hybridized carbons (Fsp3) is 0.423. The molecule has 37 heavy (non-hydrogen) atoms. The maximum atomic E-state index is 12.2. The number of methoxy groups -OCH3 is 1. The Morgan fingerprint density at radius 2 is 2.03 bits per heavy atom. The number of rotatable bonds is 8. The first-order chi connectivity index (χ1) is 17.9. The van der Waals surface area contributed by atoms with Crippen molar-refractivity contribution in [2.24, 2.45) is 11.7 Å². The maximum Gasteiger partial charge on any atom is 0.271 e. The van der Waals surface area contributed by atoms with E-state index in [2.05, 4.69) is 25.9 Å². The van der Waals surface area contributed by atoms with Gasteiger partial charge in [0.15, 0.2) is 11.5 Å². The van der Waals surface area contributed by atoms with Gasteiger partial charge in [0.25, 0.3) is 5.91 Å². The Hall–Kier alpha value is -3.99. The minimum Gasteiger partial charge on any atom is -0.494 e. The van der Waals surface area contributed by atoms with Gasteiger partial charge in [-0.1, -0.05) is 12.1 Å². The summed E-state index contributed by atoms with van der Waals surface area (Å²) in [6.07, 6.45) is 9.78. The number of nitrogens with one attached hydrogen (secondary N) is 2. The average Bonchev–Trinajstić information content (AvgIpc) is 3.82. The lowest BCUT2D eigenvalue weighted by atomic mass is 10.0. The van der Waals surface area contributed by atoms with Crippen molar-refractivity contribution < 1.29 is 19.1 Å². The molecule has 1 saturated heterocycles. The Kier molecular flexibility index (Phi) is 5.79. The van der Waals surface area contributed by atoms with E-state index in [0.717, 1.165) is 56.3 Å². The van der Waals surface area contributed by atoms with Gasteiger partial charge < -0.3 is 25.8 Å². The van der Waals surface area contributed by atoms with Gasteiger partial charge in [0.05, 0.1) is 36.3 Å². The zero-order valence-electron chi connectivity index (χ0n) is 20.6. The van der Waals surface area contributed by atoms with Crippen molar-refractivity contribution in [2.75, 3.05) is 24.4 Å². The third kappa shape index (κ3) is 4.74. The van der Waals surface area contributed by atoms with Crippen LogP contribution in [0.4, 0.5) is 17.2 Å². The molecule has 0 unspecified atom stereocenters. The molecular formula is C26H29N7O4. The average molecular weight is 504 g/mol. The number of carbonyl (C=O) groups is 2. The van der Waals surface area contributed by atoms with Crippen LogP contribution in [-0.2, 0) is 9.53 Å². The van der Waals surface area contributed by atoms with Crippen molar-refractivity contribution in [3.63, 3.8) is 0 Å². The predicted octanol–water partition coefficient (Wildman–Crippen LogP) is 3.42. The van der Waals surface area contributed by atoms with E-state index >= 15 is 0 Å². The van der Waals surface area contributed by atoms with Crippen molar-refractivity contribution in [3.8, 4) is 16.9 Å². The Balaban J connectivity index is 1.28. The highest BCUT2D eigenvalue weighted by atomic mass is 16.5. The highest BCUT2D eigenvalue weighted by Crippen LogP contribution is 2.49. The summed E-state index contributed by atoms with van der Waals surface area (Å²) in [6, 6.07) is 7.53. The molecule has 2 aromatic heterocycles. The molecule has 4 N–H and O–H groups in total. The van der Waals surface area contributed by atoms with Crippen LogP contribution in [0.2, 0.25) is 0 Å². The molecule has 1 aliphatic heterocycles. The van der Waals surface area contributed by atoms with Crippen LogP contribution in [-0.4, -0.2) is 51.1 Å². The van der Waals surface area contributed by atoms with Crippen LogP contribution in [0, 0.1) is 5.92 Å². The van der Waals surface area contributed by atoms with Crippen LogP contribution >= 0.6 is 0 Å². The van der Waals surface area contributed by atoms with Crippen LogP contribution < -0.4 is 21.1 Å². The highest BCUT2D eigenvalue weighted by molar-refractivity contribution is 5.99. The van der Waals surface area contributed by atoms with E-state index in [-0.39, 0.29) is 28.9 Å². The minimum atomic E-state index is -0.739. The second kappa shape index (κ2) is 9.15. The van der Waals surface area contributed by atoms with Crippen LogP contribution in [0.15, 0.2) is 36.7 Å². The summed E-state index contributed by atoms with van der Waals surface area (Å²) >= 11 is 0. The van der Waals surface area contributed by atoms with Crippen molar-refractivity contribution in [3.05, 3.63) is 42.4 Å². The number of para-hydroxylation sites is 1. The number of primary amides is 1. The molecule has 6 rings (SSSR count). The summed E-state index contributed by atoms with van der Waals surface area (Å²) < 4.78 is 13.8. The molecule has 0 bridgehead atoms. The summed E-state index contributed by atoms with van der Waals surface area (Å²) in [6.45, 7) is 0.758. The Morgan fingerprint density at radius 1 is 1.19 bits per heavy atom. The molecule has 3 heterocycles. The lowest BCUT2D eigenvalue weighted by molar-refractivity contribution is -0.117. The number of aromatic nitrogens is 4. The Morgan fingerprint density at radius 3 is 2.76 bits per heavy atom. The van der Waals surface area contributed by atoms with Crippen molar-refractivity contribution in [2.45, 2.75) is 50.2 Å². The van der Waals surface area contributed by atoms with E-state index in [4.69, 9.17) is 15.2 Å². The van der Waals surface area contributed by atoms with E-state index in [9.17, 15) is 9.59 Å². The summed E-state index contributed by atoms with van der Waals surface area (Å²) in [7, 11) is 1.59. The standard InChI is InChI=1S/C26H29N7O4/c1-36-23-18(16-13-28-33(14-16)17-7-10-37-26(12-17)8-9-26)3-2-4-19(23)29-20-11-21(30-25(35)15-5-6-15)31-32-22(20)24(27)34/h2-4,11,13-15,17H,5-10,12H2,1H3,(H2,27,34)(H2,29,30,31,35)/t17-/m0/s1. The first kappa shape index (κ1) is 23.4. The number of anilines is 3. The van der Waals surface area contributed by atoms with E-state index < -0.39 is 5.91 Å². The summed E-state index contributed by atoms with van der Waals surface area (Å²) in [4.78, 5) is 24.2. The van der Waals surface area contributed by atoms with Crippen LogP contribution in [0.25, 0.3) is 11.1 Å². The monoisotopic (exact) mass is 503 g/mol. The van der Waals surface area contributed by atoms with Crippen LogP contribution in [0.1, 0.15) is 55.1 Å². The van der Waals surface area contributed by atoms with E-state index in [0.29, 0.717) is 23.2 Å². The van der Waals surface area contributed by atoms with Gasteiger partial charge in [-0.15, -0.1) is 10.2 Å². The topological polar surface area (TPSA) is 146 Å². The van der Waals surface area contributed by atoms with Gasteiger partial charge >= 0.3 is 0 Å². The molecule has 2 amide bonds. The molecule has 0 radical (unpaired) electrons. The number of benzene rings is 1. The second-order valence-electron chi connectivity index (χ2n) is 10.0. The fourth-order valence-electron chi connectivity index (χ4n) is 4.92. The van der Waals surface area contributed by atoms with E-state index in [1.165, 1.54) is 0 Å². The molecule has 2 saturated carbocycles. The highest BCUT2D eigenvalue weighted by Gasteiger charge is 2.48. The lowest BCUT2D eigenvalue weighted by Crippen LogP contribution is -2.29. The van der Waals surface area contributed by atoms with Crippen LogP contribution in [0.5, 0.6) is 5.75 Å². The first-order valence-electron chi connectivity index (χ1n) is 12.6. The molecule has 3 aliphatic rings. The molecule has 1 atom stereocenters. The molecule has 192 valence electrons. The molecule has 11 nitrogen and oxygen atoms in total. The maximum absolute atomic E-state index is 12.2. The summed E-state index contributed by atoms with van der Waals surface area (Å²) in [5.41, 5.74) is 8.24. The number of amides is 2. The minimum absolute atomic E-state index is 0.00247. The lowest BCUT2D eigenvalue weighted by Gasteiger charge is -2.29. The zero-order chi connectivity index (χ0) is 25.6. The fourth-order valence-corrected chi connectivity index (χ4v) is 4.92. The zero-order valence-corrected chi connectivity index (χ0v) is 20.6. The smallest absolute Gasteiger partial charge is 0.271 e. The van der Waals surface area contributed by atoms with Gasteiger partial charge in [-0.2, -0.15) is 5.10 Å². The molecular weight excluding hydrogens is 474 g/mol. The number of ether oxygens (including phenoxy) is 2. The molecule has 2 aliphatic carbocycles. The Bertz CT molecular complexity index is 1360. The van der Waals surface area contributed by atoms with Gasteiger partial charge in [0.1, 0.15) is 5.75 Å². The molecule has 11 heteroatoms. The van der Waals surface area contributed by atoms with E-state index in [1.54, 1.807) is 13.2 Å². The molecule has 3 aromatic rings. The van der Waals surface area contributed by atoms with Gasteiger partial charge in [0, 0.05) is 35.9 Å².